The third-order valence-electron chi connectivity index (χ3n) is 6.42. The molecular weight excluding hydrogens is 385 g/mol. The van der Waals surface area contributed by atoms with Gasteiger partial charge in [-0.1, -0.05) is 12.1 Å². The van der Waals surface area contributed by atoms with Crippen molar-refractivity contribution in [3.8, 4) is 0 Å². The standard InChI is InChI=1S/C23H32FN3O3/c24-20-5-3-17(4-6-20)11-22(28)25-12-21-15-27(23(29)16-30-21)14-19-7-9-26(10-8-19)13-18-1-2-18/h3-6,18-19,21H,1-2,7-16H2,(H,25,28). The van der Waals surface area contributed by atoms with Crippen molar-refractivity contribution >= 4 is 11.8 Å². The number of likely N-dealkylation sites (tertiary alicyclic amines) is 1. The van der Waals surface area contributed by atoms with Gasteiger partial charge in [-0.2, -0.15) is 0 Å². The number of nitrogens with zero attached hydrogens (tertiary/aromatic N) is 2. The Labute approximate surface area is 177 Å². The van der Waals surface area contributed by atoms with E-state index < -0.39 is 0 Å². The van der Waals surface area contributed by atoms with E-state index >= 15 is 0 Å². The van der Waals surface area contributed by atoms with Crippen LogP contribution in [0, 0.1) is 17.7 Å². The van der Waals surface area contributed by atoms with Crippen LogP contribution in [0.15, 0.2) is 24.3 Å². The molecule has 0 bridgehead atoms. The second kappa shape index (κ2) is 9.88. The average molecular weight is 418 g/mol. The van der Waals surface area contributed by atoms with E-state index in [4.69, 9.17) is 4.74 Å². The molecule has 7 heteroatoms. The molecule has 1 aromatic carbocycles. The quantitative estimate of drug-likeness (QED) is 0.701. The number of rotatable bonds is 8. The monoisotopic (exact) mass is 417 g/mol. The summed E-state index contributed by atoms with van der Waals surface area (Å²) in [5.74, 6) is 1.09. The molecule has 6 nitrogen and oxygen atoms in total. The first-order valence-electron chi connectivity index (χ1n) is 11.2. The number of hydrogen-bond acceptors (Lipinski definition) is 4. The number of piperidine rings is 1. The van der Waals surface area contributed by atoms with Crippen molar-refractivity contribution in [1.82, 2.24) is 15.1 Å². The summed E-state index contributed by atoms with van der Waals surface area (Å²) in [4.78, 5) is 29.0. The lowest BCUT2D eigenvalue weighted by Crippen LogP contribution is -2.52. The minimum atomic E-state index is -0.312. The molecule has 1 N–H and O–H groups in total. The molecule has 1 aromatic rings. The number of carbonyl (C=O) groups excluding carboxylic acids is 2. The SMILES string of the molecule is O=C(Cc1ccc(F)cc1)NCC1CN(CC2CCN(CC3CC3)CC2)C(=O)CO1. The molecule has 3 aliphatic rings. The van der Waals surface area contributed by atoms with Crippen LogP contribution in [0.2, 0.25) is 0 Å². The molecule has 3 fully saturated rings. The Hall–Kier alpha value is -1.99. The maximum atomic E-state index is 13.0. The summed E-state index contributed by atoms with van der Waals surface area (Å²) in [5.41, 5.74) is 0.767. The molecule has 1 unspecified atom stereocenters. The zero-order chi connectivity index (χ0) is 20.9. The van der Waals surface area contributed by atoms with E-state index in [9.17, 15) is 14.0 Å². The molecule has 2 heterocycles. The van der Waals surface area contributed by atoms with Gasteiger partial charge in [0.15, 0.2) is 0 Å². The van der Waals surface area contributed by atoms with Crippen LogP contribution >= 0.6 is 0 Å². The van der Waals surface area contributed by atoms with Gasteiger partial charge in [0.25, 0.3) is 0 Å². The van der Waals surface area contributed by atoms with Crippen molar-refractivity contribution in [3.05, 3.63) is 35.6 Å². The fraction of sp³-hybridized carbons (Fsp3) is 0.652. The largest absolute Gasteiger partial charge is 0.365 e. The van der Waals surface area contributed by atoms with Gasteiger partial charge >= 0.3 is 0 Å². The number of hydrogen-bond donors (Lipinski definition) is 1. The highest BCUT2D eigenvalue weighted by atomic mass is 19.1. The van der Waals surface area contributed by atoms with Crippen molar-refractivity contribution in [2.75, 3.05) is 45.9 Å². The van der Waals surface area contributed by atoms with Crippen LogP contribution in [0.4, 0.5) is 4.39 Å². The molecule has 1 saturated carbocycles. The minimum Gasteiger partial charge on any atom is -0.365 e. The first kappa shape index (κ1) is 21.2. The van der Waals surface area contributed by atoms with E-state index in [-0.39, 0.29) is 36.8 Å². The van der Waals surface area contributed by atoms with Gasteiger partial charge < -0.3 is 19.9 Å². The number of ether oxygens (including phenoxy) is 1. The molecule has 1 atom stereocenters. The summed E-state index contributed by atoms with van der Waals surface area (Å²) in [5, 5.41) is 2.88. The highest BCUT2D eigenvalue weighted by molar-refractivity contribution is 5.79. The number of benzene rings is 1. The minimum absolute atomic E-state index is 0.0456. The third-order valence-corrected chi connectivity index (χ3v) is 6.42. The predicted octanol–water partition coefficient (Wildman–Crippen LogP) is 1.83. The summed E-state index contributed by atoms with van der Waals surface area (Å²) in [6.45, 7) is 5.31. The second-order valence-electron chi connectivity index (χ2n) is 9.03. The first-order chi connectivity index (χ1) is 14.5. The van der Waals surface area contributed by atoms with Gasteiger partial charge in [0.05, 0.1) is 12.5 Å². The molecule has 0 aromatic heterocycles. The van der Waals surface area contributed by atoms with Crippen molar-refractivity contribution in [1.29, 1.82) is 0 Å². The van der Waals surface area contributed by atoms with Crippen LogP contribution < -0.4 is 5.32 Å². The van der Waals surface area contributed by atoms with Crippen LogP contribution in [0.25, 0.3) is 0 Å². The fourth-order valence-electron chi connectivity index (χ4n) is 4.39. The second-order valence-corrected chi connectivity index (χ2v) is 9.03. The van der Waals surface area contributed by atoms with Crippen molar-refractivity contribution in [3.63, 3.8) is 0 Å². The Bertz CT molecular complexity index is 730. The molecule has 2 amide bonds. The Morgan fingerprint density at radius 3 is 2.47 bits per heavy atom. The normalized spacial score (nSPS) is 23.6. The third kappa shape index (κ3) is 6.25. The lowest BCUT2D eigenvalue weighted by Gasteiger charge is -2.38. The Kier molecular flexibility index (Phi) is 7.00. The lowest BCUT2D eigenvalue weighted by molar-refractivity contribution is -0.150. The average Bonchev–Trinajstić information content (AvgIpc) is 3.56. The summed E-state index contributed by atoms with van der Waals surface area (Å²) in [6, 6.07) is 5.93. The molecule has 0 radical (unpaired) electrons. The Balaban J connectivity index is 1.18. The number of morpholine rings is 1. The van der Waals surface area contributed by atoms with E-state index in [0.29, 0.717) is 19.0 Å². The maximum Gasteiger partial charge on any atom is 0.248 e. The van der Waals surface area contributed by atoms with Crippen molar-refractivity contribution < 1.29 is 18.7 Å². The van der Waals surface area contributed by atoms with E-state index in [1.807, 2.05) is 4.90 Å². The van der Waals surface area contributed by atoms with Crippen LogP contribution in [0.1, 0.15) is 31.2 Å². The number of nitrogens with one attached hydrogen (secondary N) is 1. The van der Waals surface area contributed by atoms with Gasteiger partial charge in [0.1, 0.15) is 12.4 Å². The highest BCUT2D eigenvalue weighted by Gasteiger charge is 2.31. The van der Waals surface area contributed by atoms with E-state index in [1.165, 1.54) is 31.5 Å². The molecule has 0 spiro atoms. The smallest absolute Gasteiger partial charge is 0.248 e. The molecule has 2 aliphatic heterocycles. The van der Waals surface area contributed by atoms with Crippen LogP contribution in [-0.2, 0) is 20.7 Å². The topological polar surface area (TPSA) is 61.9 Å². The molecule has 2 saturated heterocycles. The van der Waals surface area contributed by atoms with E-state index in [2.05, 4.69) is 10.2 Å². The van der Waals surface area contributed by atoms with Gasteiger partial charge in [-0.15, -0.1) is 0 Å². The first-order valence-corrected chi connectivity index (χ1v) is 11.2. The maximum absolute atomic E-state index is 13.0. The molecule has 1 aliphatic carbocycles. The summed E-state index contributed by atoms with van der Waals surface area (Å²) >= 11 is 0. The number of halogens is 1. The summed E-state index contributed by atoms with van der Waals surface area (Å²) < 4.78 is 18.6. The van der Waals surface area contributed by atoms with E-state index in [0.717, 1.165) is 44.0 Å². The lowest BCUT2D eigenvalue weighted by atomic mass is 9.95. The Morgan fingerprint density at radius 2 is 1.77 bits per heavy atom. The van der Waals surface area contributed by atoms with Crippen LogP contribution in [-0.4, -0.2) is 73.6 Å². The van der Waals surface area contributed by atoms with Gasteiger partial charge in [-0.25, -0.2) is 4.39 Å². The fourth-order valence-corrected chi connectivity index (χ4v) is 4.39. The Morgan fingerprint density at radius 1 is 1.07 bits per heavy atom. The zero-order valence-corrected chi connectivity index (χ0v) is 17.5. The van der Waals surface area contributed by atoms with Crippen LogP contribution in [0.3, 0.4) is 0 Å². The highest BCUT2D eigenvalue weighted by Crippen LogP contribution is 2.31. The number of carbonyl (C=O) groups is 2. The molecule has 164 valence electrons. The zero-order valence-electron chi connectivity index (χ0n) is 17.5. The predicted molar refractivity (Wildman–Crippen MR) is 111 cm³/mol. The van der Waals surface area contributed by atoms with Crippen LogP contribution in [0.5, 0.6) is 0 Å². The van der Waals surface area contributed by atoms with Gasteiger partial charge in [-0.3, -0.25) is 9.59 Å². The van der Waals surface area contributed by atoms with Crippen molar-refractivity contribution in [2.45, 2.75) is 38.2 Å². The summed E-state index contributed by atoms with van der Waals surface area (Å²) in [7, 11) is 0. The van der Waals surface area contributed by atoms with Gasteiger partial charge in [-0.05, 0) is 68.3 Å². The van der Waals surface area contributed by atoms with Gasteiger partial charge in [0.2, 0.25) is 11.8 Å². The summed E-state index contributed by atoms with van der Waals surface area (Å²) in [6.07, 6.45) is 5.10. The molecular formula is C23H32FN3O3. The molecule has 30 heavy (non-hydrogen) atoms. The van der Waals surface area contributed by atoms with Crippen molar-refractivity contribution in [2.24, 2.45) is 11.8 Å². The number of amides is 2. The van der Waals surface area contributed by atoms with E-state index in [1.54, 1.807) is 12.1 Å². The molecule has 4 rings (SSSR count). The van der Waals surface area contributed by atoms with Gasteiger partial charge in [0, 0.05) is 26.2 Å².